The Bertz CT molecular complexity index is 426. The van der Waals surface area contributed by atoms with Gasteiger partial charge in [0, 0.05) is 49.5 Å². The van der Waals surface area contributed by atoms with Crippen molar-refractivity contribution in [2.24, 2.45) is 11.7 Å². The number of piperazine rings is 1. The largest absolute Gasteiger partial charge is 0.369 e. The number of hydrogen-bond acceptors (Lipinski definition) is 3. The van der Waals surface area contributed by atoms with E-state index in [1.54, 1.807) is 0 Å². The molecule has 0 aromatic heterocycles. The molecule has 1 saturated carbocycles. The van der Waals surface area contributed by atoms with Crippen LogP contribution in [-0.4, -0.2) is 43.7 Å². The highest BCUT2D eigenvalue weighted by molar-refractivity contribution is 6.30. The second kappa shape index (κ2) is 6.33. The van der Waals surface area contributed by atoms with Crippen molar-refractivity contribution < 1.29 is 0 Å². The Kier molecular flexibility index (Phi) is 4.49. The predicted octanol–water partition coefficient (Wildman–Crippen LogP) is 2.59. The van der Waals surface area contributed by atoms with Gasteiger partial charge in [-0.3, -0.25) is 4.90 Å². The smallest absolute Gasteiger partial charge is 0.0407 e. The maximum atomic E-state index is 6.18. The Hall–Kier alpha value is -0.770. The third kappa shape index (κ3) is 3.27. The topological polar surface area (TPSA) is 32.5 Å². The van der Waals surface area contributed by atoms with Crippen molar-refractivity contribution in [3.05, 3.63) is 29.3 Å². The van der Waals surface area contributed by atoms with Gasteiger partial charge in [0.2, 0.25) is 0 Å². The second-order valence-corrected chi connectivity index (χ2v) is 6.56. The third-order valence-electron chi connectivity index (χ3n) is 4.77. The Morgan fingerprint density at radius 1 is 1.05 bits per heavy atom. The van der Waals surface area contributed by atoms with Gasteiger partial charge in [-0.25, -0.2) is 0 Å². The van der Waals surface area contributed by atoms with E-state index < -0.39 is 0 Å². The molecule has 1 aliphatic carbocycles. The minimum Gasteiger partial charge on any atom is -0.369 e. The van der Waals surface area contributed by atoms with Crippen LogP contribution in [0.2, 0.25) is 5.02 Å². The monoisotopic (exact) mass is 293 g/mol. The summed E-state index contributed by atoms with van der Waals surface area (Å²) < 4.78 is 0. The molecule has 0 radical (unpaired) electrons. The molecular formula is C16H24ClN3. The van der Waals surface area contributed by atoms with Gasteiger partial charge in [0.05, 0.1) is 0 Å². The number of hydrogen-bond donors (Lipinski definition) is 1. The summed E-state index contributed by atoms with van der Waals surface area (Å²) >= 11 is 5.94. The van der Waals surface area contributed by atoms with Crippen molar-refractivity contribution in [3.8, 4) is 0 Å². The van der Waals surface area contributed by atoms with Crippen LogP contribution >= 0.6 is 11.6 Å². The molecule has 0 spiro atoms. The first-order valence-electron chi connectivity index (χ1n) is 7.71. The average molecular weight is 294 g/mol. The van der Waals surface area contributed by atoms with Crippen LogP contribution in [0.5, 0.6) is 0 Å². The molecule has 2 aliphatic rings. The van der Waals surface area contributed by atoms with Crippen molar-refractivity contribution in [1.29, 1.82) is 0 Å². The molecule has 3 nitrogen and oxygen atoms in total. The molecule has 1 saturated heterocycles. The fourth-order valence-electron chi connectivity index (χ4n) is 3.46. The molecule has 1 aromatic rings. The van der Waals surface area contributed by atoms with E-state index >= 15 is 0 Å². The highest BCUT2D eigenvalue weighted by Crippen LogP contribution is 2.26. The molecule has 0 bridgehead atoms. The van der Waals surface area contributed by atoms with E-state index in [1.165, 1.54) is 31.5 Å². The van der Waals surface area contributed by atoms with Crippen molar-refractivity contribution in [1.82, 2.24) is 4.90 Å². The molecule has 20 heavy (non-hydrogen) atoms. The van der Waals surface area contributed by atoms with E-state index in [1.807, 2.05) is 12.1 Å². The molecule has 2 unspecified atom stereocenters. The lowest BCUT2D eigenvalue weighted by Gasteiger charge is -2.37. The second-order valence-electron chi connectivity index (χ2n) is 6.12. The molecule has 2 atom stereocenters. The quantitative estimate of drug-likeness (QED) is 0.930. The van der Waals surface area contributed by atoms with Crippen LogP contribution in [0.25, 0.3) is 0 Å². The Labute approximate surface area is 126 Å². The minimum atomic E-state index is 0.435. The van der Waals surface area contributed by atoms with Gasteiger partial charge >= 0.3 is 0 Å². The van der Waals surface area contributed by atoms with Crippen molar-refractivity contribution in [2.75, 3.05) is 37.6 Å². The number of rotatable bonds is 3. The molecular weight excluding hydrogens is 270 g/mol. The number of halogens is 1. The van der Waals surface area contributed by atoms with Crippen molar-refractivity contribution in [2.45, 2.75) is 25.3 Å². The lowest BCUT2D eigenvalue weighted by molar-refractivity contribution is 0.212. The fraction of sp³-hybridized carbons (Fsp3) is 0.625. The van der Waals surface area contributed by atoms with Crippen LogP contribution in [0.4, 0.5) is 5.69 Å². The van der Waals surface area contributed by atoms with Crippen LogP contribution in [-0.2, 0) is 0 Å². The number of benzene rings is 1. The van der Waals surface area contributed by atoms with Crippen LogP contribution < -0.4 is 10.6 Å². The molecule has 1 aliphatic heterocycles. The average Bonchev–Trinajstić information content (AvgIpc) is 2.86. The highest BCUT2D eigenvalue weighted by Gasteiger charge is 2.27. The molecule has 2 fully saturated rings. The molecule has 4 heteroatoms. The molecule has 2 N–H and O–H groups in total. The van der Waals surface area contributed by atoms with Crippen LogP contribution in [0.15, 0.2) is 24.3 Å². The maximum Gasteiger partial charge on any atom is 0.0407 e. The number of nitrogens with zero attached hydrogens (tertiary/aromatic N) is 2. The summed E-state index contributed by atoms with van der Waals surface area (Å²) in [7, 11) is 0. The standard InChI is InChI=1S/C16H24ClN3/c17-14-4-6-15(7-5-14)20-10-8-19(9-11-20)12-13-2-1-3-16(13)18/h4-7,13,16H,1-3,8-12,18H2. The summed E-state index contributed by atoms with van der Waals surface area (Å²) in [5.74, 6) is 0.720. The summed E-state index contributed by atoms with van der Waals surface area (Å²) in [6, 6.07) is 8.61. The van der Waals surface area contributed by atoms with Crippen molar-refractivity contribution in [3.63, 3.8) is 0 Å². The highest BCUT2D eigenvalue weighted by atomic mass is 35.5. The lowest BCUT2D eigenvalue weighted by atomic mass is 10.0. The van der Waals surface area contributed by atoms with Crippen LogP contribution in [0.1, 0.15) is 19.3 Å². The first kappa shape index (κ1) is 14.2. The van der Waals surface area contributed by atoms with Gasteiger partial charge in [0.25, 0.3) is 0 Å². The van der Waals surface area contributed by atoms with Gasteiger partial charge in [0.15, 0.2) is 0 Å². The van der Waals surface area contributed by atoms with Gasteiger partial charge in [0.1, 0.15) is 0 Å². The van der Waals surface area contributed by atoms with Crippen molar-refractivity contribution >= 4 is 17.3 Å². The first-order valence-corrected chi connectivity index (χ1v) is 8.08. The fourth-order valence-corrected chi connectivity index (χ4v) is 3.59. The lowest BCUT2D eigenvalue weighted by Crippen LogP contribution is -2.49. The zero-order valence-electron chi connectivity index (χ0n) is 12.0. The maximum absolute atomic E-state index is 6.18. The van der Waals surface area contributed by atoms with Gasteiger partial charge < -0.3 is 10.6 Å². The predicted molar refractivity (Wildman–Crippen MR) is 85.4 cm³/mol. The molecule has 0 amide bonds. The summed E-state index contributed by atoms with van der Waals surface area (Å²) in [6.07, 6.45) is 3.85. The Morgan fingerprint density at radius 3 is 2.35 bits per heavy atom. The summed E-state index contributed by atoms with van der Waals surface area (Å²) in [5, 5.41) is 0.808. The Morgan fingerprint density at radius 2 is 1.75 bits per heavy atom. The van der Waals surface area contributed by atoms with E-state index in [4.69, 9.17) is 17.3 Å². The van der Waals surface area contributed by atoms with Crippen LogP contribution in [0.3, 0.4) is 0 Å². The van der Waals surface area contributed by atoms with Gasteiger partial charge in [-0.05, 0) is 43.0 Å². The third-order valence-corrected chi connectivity index (χ3v) is 5.03. The van der Waals surface area contributed by atoms with Gasteiger partial charge in [-0.2, -0.15) is 0 Å². The molecule has 3 rings (SSSR count). The van der Waals surface area contributed by atoms with E-state index in [-0.39, 0.29) is 0 Å². The summed E-state index contributed by atoms with van der Waals surface area (Å²) in [4.78, 5) is 5.03. The summed E-state index contributed by atoms with van der Waals surface area (Å²) in [5.41, 5.74) is 7.46. The van der Waals surface area contributed by atoms with E-state index in [9.17, 15) is 0 Å². The van der Waals surface area contributed by atoms with E-state index in [2.05, 4.69) is 21.9 Å². The zero-order valence-corrected chi connectivity index (χ0v) is 12.7. The zero-order chi connectivity index (χ0) is 13.9. The molecule has 1 aromatic carbocycles. The van der Waals surface area contributed by atoms with Gasteiger partial charge in [-0.1, -0.05) is 18.0 Å². The number of anilines is 1. The van der Waals surface area contributed by atoms with Crippen LogP contribution in [0, 0.1) is 5.92 Å². The SMILES string of the molecule is NC1CCCC1CN1CCN(c2ccc(Cl)cc2)CC1. The summed E-state index contributed by atoms with van der Waals surface area (Å²) in [6.45, 7) is 5.68. The van der Waals surface area contributed by atoms with Gasteiger partial charge in [-0.15, -0.1) is 0 Å². The normalized spacial score (nSPS) is 28.0. The van der Waals surface area contributed by atoms with E-state index in [0.29, 0.717) is 6.04 Å². The minimum absolute atomic E-state index is 0.435. The Balaban J connectivity index is 1.50. The molecule has 1 heterocycles. The molecule has 110 valence electrons. The van der Waals surface area contributed by atoms with E-state index in [0.717, 1.165) is 37.1 Å². The number of nitrogens with two attached hydrogens (primary N) is 1. The first-order chi connectivity index (χ1) is 9.72.